The fourth-order valence-electron chi connectivity index (χ4n) is 7.82. The van der Waals surface area contributed by atoms with Crippen LogP contribution in [0.2, 0.25) is 0 Å². The van der Waals surface area contributed by atoms with Crippen LogP contribution in [0.1, 0.15) is 82.9 Å². The number of rotatable bonds is 18. The largest absolute Gasteiger partial charge is 0.748 e. The lowest BCUT2D eigenvalue weighted by Crippen LogP contribution is -2.32. The summed E-state index contributed by atoms with van der Waals surface area (Å²) in [7, 11) is -6.84. The van der Waals surface area contributed by atoms with Gasteiger partial charge in [-0.25, -0.2) is 13.2 Å². The van der Waals surface area contributed by atoms with E-state index in [1.807, 2.05) is 80.1 Å². The van der Waals surface area contributed by atoms with Gasteiger partial charge in [-0.15, -0.1) is 5.06 Å². The quantitative estimate of drug-likeness (QED) is 0.0860. The number of hydrogen-bond acceptors (Lipinski definition) is 11. The van der Waals surface area contributed by atoms with Gasteiger partial charge < -0.3 is 19.2 Å². The van der Waals surface area contributed by atoms with Crippen LogP contribution in [0.4, 0.5) is 11.4 Å². The van der Waals surface area contributed by atoms with Gasteiger partial charge in [0.2, 0.25) is 5.69 Å². The van der Waals surface area contributed by atoms with E-state index >= 15 is 0 Å². The molecule has 0 aliphatic carbocycles. The van der Waals surface area contributed by atoms with Crippen molar-refractivity contribution in [2.24, 2.45) is 0 Å². The van der Waals surface area contributed by atoms with Crippen LogP contribution in [-0.2, 0) is 56.8 Å². The highest BCUT2D eigenvalue weighted by molar-refractivity contribution is 7.86. The fourth-order valence-corrected chi connectivity index (χ4v) is 8.81. The summed E-state index contributed by atoms with van der Waals surface area (Å²) < 4.78 is 69.9. The van der Waals surface area contributed by atoms with E-state index in [9.17, 15) is 40.3 Å². The highest BCUT2D eigenvalue weighted by Gasteiger charge is 2.45. The molecule has 59 heavy (non-hydrogen) atoms. The number of anilines is 1. The molecular weight excluding hydrogens is 797 g/mol. The highest BCUT2D eigenvalue weighted by atomic mass is 32.2. The number of imide groups is 1. The molecule has 2 amide bonds. The van der Waals surface area contributed by atoms with Crippen molar-refractivity contribution in [2.45, 2.75) is 88.5 Å². The van der Waals surface area contributed by atoms with Gasteiger partial charge in [0.05, 0.1) is 20.4 Å². The molecule has 0 unspecified atom stereocenters. The average Bonchev–Trinajstić information content (AvgIpc) is 3.65. The molecule has 14 nitrogen and oxygen atoms in total. The number of hydrogen-bond donors (Lipinski definition) is 1. The van der Waals surface area contributed by atoms with E-state index in [4.69, 9.17) is 11.8 Å². The minimum Gasteiger partial charge on any atom is -0.748 e. The summed E-state index contributed by atoms with van der Waals surface area (Å²) in [4.78, 5) is 44.6. The minimum atomic E-state index is -4.40. The molecule has 0 saturated carbocycles. The third kappa shape index (κ3) is 10.7. The van der Waals surface area contributed by atoms with E-state index in [1.165, 1.54) is 12.1 Å². The van der Waals surface area contributed by atoms with Gasteiger partial charge in [0.25, 0.3) is 21.9 Å². The van der Waals surface area contributed by atoms with Gasteiger partial charge in [0, 0.05) is 79.0 Å². The molecule has 16 heteroatoms. The summed E-state index contributed by atoms with van der Waals surface area (Å²) in [5.41, 5.74) is 5.37. The molecule has 0 spiro atoms. The van der Waals surface area contributed by atoms with Crippen LogP contribution >= 0.6 is 0 Å². The zero-order chi connectivity index (χ0) is 43.3. The van der Waals surface area contributed by atoms with Crippen LogP contribution in [0.5, 0.6) is 0 Å². The number of hydroxylamine groups is 2. The Bertz CT molecular complexity index is 2340. The van der Waals surface area contributed by atoms with Gasteiger partial charge in [-0.05, 0) is 82.6 Å². The molecule has 3 heterocycles. The summed E-state index contributed by atoms with van der Waals surface area (Å²) in [6, 6.07) is 10.7. The molecule has 2 aromatic rings. The monoisotopic (exact) mass is 848 g/mol. The first-order valence-electron chi connectivity index (χ1n) is 19.4. The maximum atomic E-state index is 12.2. The third-order valence-corrected chi connectivity index (χ3v) is 12.4. The molecule has 0 atom stereocenters. The van der Waals surface area contributed by atoms with Gasteiger partial charge in [-0.1, -0.05) is 56.4 Å². The lowest BCUT2D eigenvalue weighted by atomic mass is 9.81. The fraction of sp³-hybridized carbons (Fsp3) is 0.419. The number of allylic oxidation sites excluding steroid dienone is 8. The van der Waals surface area contributed by atoms with Crippen LogP contribution in [0.3, 0.4) is 0 Å². The normalized spacial score (nSPS) is 18.5. The van der Waals surface area contributed by atoms with Crippen LogP contribution in [0, 0.1) is 6.92 Å². The standard InChI is InChI=1S/C43H52N4O10S2/c1-7-24-45-36-21-19-32(59(54,55)56)29-34(36)43(4,5)37(45)15-11-9-8-10-12-16-38-42(2,3)33-28-31(18-20-35(33)46(38)26-14-27-58(51,52)53)30-44(6)25-13-17-41(50)57-47-39(48)22-23-40(47)49/h1,8-12,15-16,18-21,28-29H,7,13-14,17,22-27,30H2,2-6H3,(H-,51,52,53,54,55,56). The Kier molecular flexibility index (Phi) is 14.0. The molecule has 1 fully saturated rings. The number of nitrogens with zero attached hydrogens (tertiary/aromatic N) is 4. The first-order chi connectivity index (χ1) is 27.6. The number of carbonyl (C=O) groups is 3. The Morgan fingerprint density at radius 2 is 1.63 bits per heavy atom. The number of carbonyl (C=O) groups excluding carboxylic acids is 3. The summed E-state index contributed by atoms with van der Waals surface area (Å²) in [6.07, 6.45) is 14.5. The maximum absolute atomic E-state index is 12.2. The van der Waals surface area contributed by atoms with Crippen molar-refractivity contribution in [3.8, 4) is 0 Å². The average molecular weight is 849 g/mol. The van der Waals surface area contributed by atoms with Gasteiger partial charge in [-0.2, -0.15) is 13.0 Å². The maximum Gasteiger partial charge on any atom is 0.333 e. The summed E-state index contributed by atoms with van der Waals surface area (Å²) in [5, 5.41) is 0.555. The molecular formula is C43H52N4O10S2. The second-order valence-corrected chi connectivity index (χ2v) is 18.9. The Morgan fingerprint density at radius 1 is 0.949 bits per heavy atom. The minimum absolute atomic E-state index is 0.0385. The van der Waals surface area contributed by atoms with E-state index in [2.05, 4.69) is 29.7 Å². The summed E-state index contributed by atoms with van der Waals surface area (Å²) in [6.45, 7) is 16.1. The predicted octanol–water partition coefficient (Wildman–Crippen LogP) is 5.52. The van der Waals surface area contributed by atoms with Crippen molar-refractivity contribution in [3.63, 3.8) is 0 Å². The van der Waals surface area contributed by atoms with Crippen molar-refractivity contribution in [1.82, 2.24) is 9.96 Å². The molecule has 1 saturated heterocycles. The molecule has 2 aromatic carbocycles. The third-order valence-electron chi connectivity index (χ3n) is 10.8. The molecule has 3 aliphatic heterocycles. The Balaban J connectivity index is 1.28. The molecule has 0 aromatic heterocycles. The zero-order valence-corrected chi connectivity index (χ0v) is 35.7. The number of benzene rings is 2. The van der Waals surface area contributed by atoms with Gasteiger partial charge in [0.1, 0.15) is 6.54 Å². The summed E-state index contributed by atoms with van der Waals surface area (Å²) in [5.74, 6) is -2.15. The van der Waals surface area contributed by atoms with E-state index in [1.54, 1.807) is 6.07 Å². The van der Waals surface area contributed by atoms with Crippen LogP contribution in [0.15, 0.2) is 89.5 Å². The highest BCUT2D eigenvalue weighted by Crippen LogP contribution is 2.48. The molecule has 2 radical (unpaired) electrons. The van der Waals surface area contributed by atoms with Crippen molar-refractivity contribution in [1.29, 1.82) is 0 Å². The second-order valence-electron chi connectivity index (χ2n) is 15.9. The van der Waals surface area contributed by atoms with Gasteiger partial charge in [-0.3, -0.25) is 14.1 Å². The molecule has 0 bridgehead atoms. The SMILES string of the molecule is [CH]CC[N+]1=C(/C=C/C=C/C=C/C=C2/N(CCCS(=O)(=O)[O-])c3ccc(CN(C)CCCC(=O)ON4C(=O)CCC4=O)cc3C2(C)C)C(C)(C)c2cc(S(=O)(=O)O)ccc21. The number of amides is 2. The van der Waals surface area contributed by atoms with E-state index in [-0.39, 0.29) is 30.6 Å². The second kappa shape index (κ2) is 18.3. The summed E-state index contributed by atoms with van der Waals surface area (Å²) >= 11 is 0. The van der Waals surface area contributed by atoms with Crippen molar-refractivity contribution in [3.05, 3.63) is 108 Å². The topological polar surface area (TPSA) is 185 Å². The van der Waals surface area contributed by atoms with Crippen LogP contribution < -0.4 is 4.90 Å². The van der Waals surface area contributed by atoms with Crippen LogP contribution in [-0.4, -0.2) is 96.4 Å². The molecule has 1 N–H and O–H groups in total. The van der Waals surface area contributed by atoms with E-state index in [0.29, 0.717) is 44.1 Å². The van der Waals surface area contributed by atoms with E-state index < -0.39 is 54.6 Å². The lowest BCUT2D eigenvalue weighted by Gasteiger charge is -2.27. The van der Waals surface area contributed by atoms with Crippen molar-refractivity contribution >= 4 is 55.1 Å². The lowest BCUT2D eigenvalue weighted by molar-refractivity contribution is -0.436. The van der Waals surface area contributed by atoms with E-state index in [0.717, 1.165) is 39.5 Å². The van der Waals surface area contributed by atoms with Crippen molar-refractivity contribution < 1.29 is 49.7 Å². The predicted molar refractivity (Wildman–Crippen MR) is 222 cm³/mol. The Hall–Kier alpha value is -4.74. The molecule has 3 aliphatic rings. The smallest absolute Gasteiger partial charge is 0.333 e. The Morgan fingerprint density at radius 3 is 2.29 bits per heavy atom. The first-order valence-corrected chi connectivity index (χ1v) is 22.5. The number of fused-ring (bicyclic) bond motifs is 2. The first kappa shape index (κ1) is 45.3. The van der Waals surface area contributed by atoms with Crippen LogP contribution in [0.25, 0.3) is 0 Å². The molecule has 5 rings (SSSR count). The zero-order valence-electron chi connectivity index (χ0n) is 34.1. The van der Waals surface area contributed by atoms with Gasteiger partial charge >= 0.3 is 5.97 Å². The van der Waals surface area contributed by atoms with Crippen molar-refractivity contribution in [2.75, 3.05) is 37.3 Å². The Labute approximate surface area is 347 Å². The van der Waals surface area contributed by atoms with Gasteiger partial charge in [0.15, 0.2) is 5.71 Å². The molecule has 316 valence electrons.